The van der Waals surface area contributed by atoms with Crippen molar-refractivity contribution in [3.63, 3.8) is 0 Å². The largest absolute Gasteiger partial charge is 0.395 e. The first kappa shape index (κ1) is 13.8. The molecule has 0 aliphatic rings. The number of aliphatic hydroxyl groups excluding tert-OH is 1. The van der Waals surface area contributed by atoms with Crippen LogP contribution < -0.4 is 5.73 Å². The van der Waals surface area contributed by atoms with E-state index >= 15 is 0 Å². The van der Waals surface area contributed by atoms with E-state index in [0.717, 1.165) is 19.6 Å². The fourth-order valence-electron chi connectivity index (χ4n) is 1.39. The molecule has 0 fully saturated rings. The average Bonchev–Trinajstić information content (AvgIpc) is 2.19. The Kier molecular flexibility index (Phi) is 8.08. The summed E-state index contributed by atoms with van der Waals surface area (Å²) in [5.74, 6) is 0. The third kappa shape index (κ3) is 4.91. The Morgan fingerprint density at radius 1 is 1.43 bits per heavy atom. The van der Waals surface area contributed by atoms with E-state index in [4.69, 9.17) is 10.5 Å². The second-order valence-electron chi connectivity index (χ2n) is 3.50. The van der Waals surface area contributed by atoms with E-state index < -0.39 is 0 Å². The molecule has 3 N–H and O–H groups in total. The van der Waals surface area contributed by atoms with Gasteiger partial charge in [0.1, 0.15) is 0 Å². The zero-order valence-corrected chi connectivity index (χ0v) is 9.57. The molecule has 0 aromatic carbocycles. The van der Waals surface area contributed by atoms with Gasteiger partial charge in [-0.05, 0) is 20.4 Å². The molecule has 4 heteroatoms. The van der Waals surface area contributed by atoms with Gasteiger partial charge < -0.3 is 15.6 Å². The van der Waals surface area contributed by atoms with Gasteiger partial charge >= 0.3 is 0 Å². The molecule has 0 saturated heterocycles. The Morgan fingerprint density at radius 2 is 2.07 bits per heavy atom. The van der Waals surface area contributed by atoms with Crippen LogP contribution >= 0.6 is 0 Å². The fourth-order valence-corrected chi connectivity index (χ4v) is 1.39. The molecule has 14 heavy (non-hydrogen) atoms. The number of hydrogen-bond donors (Lipinski definition) is 2. The minimum absolute atomic E-state index is 0.0339. The van der Waals surface area contributed by atoms with Gasteiger partial charge in [-0.3, -0.25) is 4.90 Å². The van der Waals surface area contributed by atoms with Gasteiger partial charge in [0, 0.05) is 25.2 Å². The van der Waals surface area contributed by atoms with Crippen molar-refractivity contribution in [2.45, 2.75) is 32.4 Å². The topological polar surface area (TPSA) is 58.7 Å². The molecule has 0 aliphatic heterocycles. The Labute approximate surface area is 87.0 Å². The summed E-state index contributed by atoms with van der Waals surface area (Å²) in [6, 6.07) is 0.0760. The van der Waals surface area contributed by atoms with Gasteiger partial charge in [-0.15, -0.1) is 0 Å². The van der Waals surface area contributed by atoms with Crippen LogP contribution in [0.2, 0.25) is 0 Å². The molecule has 2 unspecified atom stereocenters. The van der Waals surface area contributed by atoms with Crippen molar-refractivity contribution < 1.29 is 9.84 Å². The van der Waals surface area contributed by atoms with E-state index in [1.54, 1.807) is 0 Å². The highest BCUT2D eigenvalue weighted by Gasteiger charge is 2.19. The highest BCUT2D eigenvalue weighted by atomic mass is 16.5. The lowest BCUT2D eigenvalue weighted by atomic mass is 10.1. The molecule has 2 atom stereocenters. The molecule has 0 aliphatic carbocycles. The number of ether oxygens (including phenoxy) is 1. The molecule has 0 bridgehead atoms. The summed E-state index contributed by atoms with van der Waals surface area (Å²) in [5, 5.41) is 9.19. The summed E-state index contributed by atoms with van der Waals surface area (Å²) < 4.78 is 5.25. The van der Waals surface area contributed by atoms with Crippen LogP contribution in [0.4, 0.5) is 0 Å². The molecule has 0 heterocycles. The van der Waals surface area contributed by atoms with Gasteiger partial charge in [0.15, 0.2) is 0 Å². The zero-order valence-electron chi connectivity index (χ0n) is 9.57. The lowest BCUT2D eigenvalue weighted by molar-refractivity contribution is 0.0772. The van der Waals surface area contributed by atoms with E-state index in [-0.39, 0.29) is 18.7 Å². The fraction of sp³-hybridized carbons (Fsp3) is 1.00. The number of rotatable bonds is 8. The molecule has 0 radical (unpaired) electrons. The SMILES string of the molecule is CCOCCN(C)C(CO)C(N)CC. The summed E-state index contributed by atoms with van der Waals surface area (Å²) in [6.07, 6.45) is 0.879. The van der Waals surface area contributed by atoms with Gasteiger partial charge in [0.2, 0.25) is 0 Å². The molecule has 86 valence electrons. The van der Waals surface area contributed by atoms with E-state index in [2.05, 4.69) is 4.90 Å². The van der Waals surface area contributed by atoms with E-state index in [0.29, 0.717) is 6.61 Å². The van der Waals surface area contributed by atoms with Gasteiger partial charge in [-0.2, -0.15) is 0 Å². The predicted molar refractivity (Wildman–Crippen MR) is 58.3 cm³/mol. The standard InChI is InChI=1S/C10H24N2O2/c1-4-9(11)10(8-13)12(3)6-7-14-5-2/h9-10,13H,4-8,11H2,1-3H3. The van der Waals surface area contributed by atoms with Crippen molar-refractivity contribution in [1.82, 2.24) is 4.90 Å². The molecular formula is C10H24N2O2. The van der Waals surface area contributed by atoms with Crippen molar-refractivity contribution in [3.05, 3.63) is 0 Å². The number of hydrogen-bond acceptors (Lipinski definition) is 4. The van der Waals surface area contributed by atoms with Crippen LogP contribution in [0, 0.1) is 0 Å². The second-order valence-corrected chi connectivity index (χ2v) is 3.50. The molecule has 0 spiro atoms. The predicted octanol–water partition coefficient (Wildman–Crippen LogP) is 0.0529. The lowest BCUT2D eigenvalue weighted by Gasteiger charge is -2.30. The Balaban J connectivity index is 3.84. The molecule has 0 amide bonds. The molecular weight excluding hydrogens is 180 g/mol. The van der Waals surface area contributed by atoms with Gasteiger partial charge in [-0.25, -0.2) is 0 Å². The summed E-state index contributed by atoms with van der Waals surface area (Å²) in [5.41, 5.74) is 5.89. The molecule has 0 aromatic rings. The third-order valence-electron chi connectivity index (χ3n) is 2.51. The number of nitrogens with two attached hydrogens (primary N) is 1. The van der Waals surface area contributed by atoms with Crippen molar-refractivity contribution in [2.24, 2.45) is 5.73 Å². The molecule has 0 saturated carbocycles. The van der Waals surface area contributed by atoms with Crippen molar-refractivity contribution in [2.75, 3.05) is 33.4 Å². The van der Waals surface area contributed by atoms with E-state index in [1.807, 2.05) is 20.9 Å². The van der Waals surface area contributed by atoms with Crippen LogP contribution in [-0.2, 0) is 4.74 Å². The van der Waals surface area contributed by atoms with Gasteiger partial charge in [-0.1, -0.05) is 6.92 Å². The smallest absolute Gasteiger partial charge is 0.0601 e. The molecule has 0 aromatic heterocycles. The van der Waals surface area contributed by atoms with E-state index in [9.17, 15) is 5.11 Å². The number of likely N-dealkylation sites (N-methyl/N-ethyl adjacent to an activating group) is 1. The van der Waals surface area contributed by atoms with Gasteiger partial charge in [0.25, 0.3) is 0 Å². The van der Waals surface area contributed by atoms with Crippen molar-refractivity contribution >= 4 is 0 Å². The summed E-state index contributed by atoms with van der Waals surface area (Å²) in [6.45, 7) is 6.35. The Hall–Kier alpha value is -0.160. The quantitative estimate of drug-likeness (QED) is 0.549. The first-order valence-corrected chi connectivity index (χ1v) is 5.31. The van der Waals surface area contributed by atoms with Crippen LogP contribution in [0.15, 0.2) is 0 Å². The Morgan fingerprint density at radius 3 is 2.50 bits per heavy atom. The van der Waals surface area contributed by atoms with Crippen LogP contribution in [-0.4, -0.2) is 55.5 Å². The maximum atomic E-state index is 9.19. The lowest BCUT2D eigenvalue weighted by Crippen LogP contribution is -2.49. The first-order valence-electron chi connectivity index (χ1n) is 5.31. The molecule has 0 rings (SSSR count). The van der Waals surface area contributed by atoms with Crippen LogP contribution in [0.25, 0.3) is 0 Å². The minimum Gasteiger partial charge on any atom is -0.395 e. The third-order valence-corrected chi connectivity index (χ3v) is 2.51. The van der Waals surface area contributed by atoms with Crippen LogP contribution in [0.3, 0.4) is 0 Å². The Bertz CT molecular complexity index is 133. The maximum absolute atomic E-state index is 9.19. The average molecular weight is 204 g/mol. The zero-order chi connectivity index (χ0) is 11.0. The normalized spacial score (nSPS) is 15.9. The monoisotopic (exact) mass is 204 g/mol. The highest BCUT2D eigenvalue weighted by Crippen LogP contribution is 2.03. The van der Waals surface area contributed by atoms with Crippen LogP contribution in [0.5, 0.6) is 0 Å². The van der Waals surface area contributed by atoms with Gasteiger partial charge in [0.05, 0.1) is 13.2 Å². The maximum Gasteiger partial charge on any atom is 0.0601 e. The number of aliphatic hydroxyl groups is 1. The van der Waals surface area contributed by atoms with E-state index in [1.165, 1.54) is 0 Å². The summed E-state index contributed by atoms with van der Waals surface area (Å²) in [4.78, 5) is 2.06. The summed E-state index contributed by atoms with van der Waals surface area (Å²) >= 11 is 0. The highest BCUT2D eigenvalue weighted by molar-refractivity contribution is 4.78. The molecule has 4 nitrogen and oxygen atoms in total. The minimum atomic E-state index is 0.0339. The summed E-state index contributed by atoms with van der Waals surface area (Å²) in [7, 11) is 1.97. The van der Waals surface area contributed by atoms with Crippen LogP contribution in [0.1, 0.15) is 20.3 Å². The van der Waals surface area contributed by atoms with Crippen molar-refractivity contribution in [1.29, 1.82) is 0 Å². The first-order chi connectivity index (χ1) is 6.67. The van der Waals surface area contributed by atoms with Crippen molar-refractivity contribution in [3.8, 4) is 0 Å². The second kappa shape index (κ2) is 8.17. The number of nitrogens with zero attached hydrogens (tertiary/aromatic N) is 1.